The van der Waals surface area contributed by atoms with E-state index in [1.165, 1.54) is 0 Å². The van der Waals surface area contributed by atoms with Gasteiger partial charge in [0.1, 0.15) is 17.4 Å². The van der Waals surface area contributed by atoms with E-state index in [2.05, 4.69) is 22.8 Å². The van der Waals surface area contributed by atoms with Crippen LogP contribution in [0, 0.1) is 5.92 Å². The molecule has 1 saturated heterocycles. The van der Waals surface area contributed by atoms with E-state index in [0.717, 1.165) is 27.9 Å². The number of nitrogens with two attached hydrogens (primary N) is 1. The van der Waals surface area contributed by atoms with E-state index >= 15 is 0 Å². The number of aliphatic hydroxyl groups excluding tert-OH is 1. The summed E-state index contributed by atoms with van der Waals surface area (Å²) in [6, 6.07) is 13.8. The number of para-hydroxylation sites is 1. The molecule has 0 aliphatic carbocycles. The molecule has 1 unspecified atom stereocenters. The van der Waals surface area contributed by atoms with Gasteiger partial charge in [-0.05, 0) is 43.0 Å². The number of hydrogen-bond donors (Lipinski definition) is 2. The standard InChI is InChI=1S/C28H33N5O5/c1-17(16-34)14-33-22-9-5-4-7-18(22)12-23(33)26-30-21-11-19(13-24(37-3)25(21)31(26)2)27(35)32-10-6-8-20(15-32)38-28(29)36/h4-5,7,9,11-13,17,20,34H,6,8,10,14-16H2,1-3H3,(H2,29,36)/t17?,20-/m1/s1. The number of nitrogens with zero attached hydrogens (tertiary/aromatic N) is 4. The molecule has 1 aliphatic heterocycles. The van der Waals surface area contributed by atoms with Gasteiger partial charge in [-0.25, -0.2) is 9.78 Å². The van der Waals surface area contributed by atoms with E-state index in [0.29, 0.717) is 49.3 Å². The number of primary amides is 1. The Morgan fingerprint density at radius 1 is 1.24 bits per heavy atom. The average molecular weight is 520 g/mol. The van der Waals surface area contributed by atoms with Crippen LogP contribution >= 0.6 is 0 Å². The van der Waals surface area contributed by atoms with Crippen molar-refractivity contribution in [1.82, 2.24) is 19.0 Å². The van der Waals surface area contributed by atoms with Crippen LogP contribution in [0.4, 0.5) is 4.79 Å². The third kappa shape index (κ3) is 4.67. The fraction of sp³-hybridized carbons (Fsp3) is 0.393. The summed E-state index contributed by atoms with van der Waals surface area (Å²) >= 11 is 0. The summed E-state index contributed by atoms with van der Waals surface area (Å²) in [7, 11) is 3.51. The first-order valence-corrected chi connectivity index (χ1v) is 12.8. The van der Waals surface area contributed by atoms with E-state index < -0.39 is 12.2 Å². The predicted molar refractivity (Wildman–Crippen MR) is 144 cm³/mol. The smallest absolute Gasteiger partial charge is 0.404 e. The Morgan fingerprint density at radius 3 is 2.76 bits per heavy atom. The Hall–Kier alpha value is -4.05. The zero-order valence-corrected chi connectivity index (χ0v) is 21.9. The lowest BCUT2D eigenvalue weighted by molar-refractivity contribution is 0.0373. The molecular weight excluding hydrogens is 486 g/mol. The topological polar surface area (TPSA) is 125 Å². The van der Waals surface area contributed by atoms with Gasteiger partial charge in [0.25, 0.3) is 5.91 Å². The Kier molecular flexibility index (Phi) is 6.98. The van der Waals surface area contributed by atoms with Crippen LogP contribution in [0.5, 0.6) is 5.75 Å². The molecule has 2 aromatic carbocycles. The minimum atomic E-state index is -0.834. The number of carbonyl (C=O) groups excluding carboxylic acids is 2. The molecule has 0 spiro atoms. The van der Waals surface area contributed by atoms with Gasteiger partial charge in [0.15, 0.2) is 5.82 Å². The molecule has 38 heavy (non-hydrogen) atoms. The van der Waals surface area contributed by atoms with Crippen LogP contribution in [0.2, 0.25) is 0 Å². The van der Waals surface area contributed by atoms with Gasteiger partial charge in [-0.15, -0.1) is 0 Å². The molecule has 0 saturated carbocycles. The number of ether oxygens (including phenoxy) is 2. The summed E-state index contributed by atoms with van der Waals surface area (Å²) in [6.45, 7) is 3.57. The minimum Gasteiger partial charge on any atom is -0.494 e. The third-order valence-electron chi connectivity index (χ3n) is 7.19. The number of hydrogen-bond acceptors (Lipinski definition) is 6. The van der Waals surface area contributed by atoms with Crippen LogP contribution < -0.4 is 10.5 Å². The summed E-state index contributed by atoms with van der Waals surface area (Å²) in [4.78, 5) is 31.3. The third-order valence-corrected chi connectivity index (χ3v) is 7.19. The van der Waals surface area contributed by atoms with Crippen molar-refractivity contribution >= 4 is 33.9 Å². The lowest BCUT2D eigenvalue weighted by Gasteiger charge is -2.32. The Balaban J connectivity index is 1.57. The van der Waals surface area contributed by atoms with Gasteiger partial charge >= 0.3 is 6.09 Å². The Labute approximate surface area is 220 Å². The molecule has 2 aromatic heterocycles. The molecule has 3 N–H and O–H groups in total. The van der Waals surface area contributed by atoms with Crippen molar-refractivity contribution < 1.29 is 24.2 Å². The van der Waals surface area contributed by atoms with Gasteiger partial charge in [-0.3, -0.25) is 4.79 Å². The van der Waals surface area contributed by atoms with Crippen LogP contribution in [0.15, 0.2) is 42.5 Å². The molecule has 10 heteroatoms. The molecule has 2 atom stereocenters. The summed E-state index contributed by atoms with van der Waals surface area (Å²) in [5.74, 6) is 1.16. The van der Waals surface area contributed by atoms with Gasteiger partial charge in [-0.1, -0.05) is 25.1 Å². The van der Waals surface area contributed by atoms with E-state index in [4.69, 9.17) is 20.2 Å². The quantitative estimate of drug-likeness (QED) is 0.385. The van der Waals surface area contributed by atoms with Crippen LogP contribution in [0.3, 0.4) is 0 Å². The maximum absolute atomic E-state index is 13.5. The number of benzene rings is 2. The van der Waals surface area contributed by atoms with Crippen molar-refractivity contribution in [2.45, 2.75) is 32.4 Å². The molecule has 200 valence electrons. The normalized spacial score (nSPS) is 16.6. The first kappa shape index (κ1) is 25.6. The summed E-state index contributed by atoms with van der Waals surface area (Å²) in [5, 5.41) is 10.8. The minimum absolute atomic E-state index is 0.0601. The molecule has 1 aliphatic rings. The van der Waals surface area contributed by atoms with E-state index in [1.807, 2.05) is 30.7 Å². The van der Waals surface area contributed by atoms with Crippen LogP contribution in [-0.2, 0) is 18.3 Å². The number of likely N-dealkylation sites (tertiary alicyclic amines) is 1. The zero-order chi connectivity index (χ0) is 27.0. The second-order valence-electron chi connectivity index (χ2n) is 9.98. The van der Waals surface area contributed by atoms with Crippen LogP contribution in [0.1, 0.15) is 30.1 Å². The maximum atomic E-state index is 13.5. The molecule has 10 nitrogen and oxygen atoms in total. The average Bonchev–Trinajstić information content (AvgIpc) is 3.44. The summed E-state index contributed by atoms with van der Waals surface area (Å²) < 4.78 is 15.0. The van der Waals surface area contributed by atoms with Gasteiger partial charge in [0, 0.05) is 43.2 Å². The van der Waals surface area contributed by atoms with Crippen molar-refractivity contribution in [2.24, 2.45) is 18.7 Å². The molecule has 1 fully saturated rings. The number of aliphatic hydroxyl groups is 1. The van der Waals surface area contributed by atoms with Crippen molar-refractivity contribution in [1.29, 1.82) is 0 Å². The highest BCUT2D eigenvalue weighted by molar-refractivity contribution is 6.00. The highest BCUT2D eigenvalue weighted by atomic mass is 16.6. The number of aromatic nitrogens is 3. The van der Waals surface area contributed by atoms with Crippen molar-refractivity contribution in [3.63, 3.8) is 0 Å². The van der Waals surface area contributed by atoms with Crippen molar-refractivity contribution in [3.8, 4) is 17.3 Å². The largest absolute Gasteiger partial charge is 0.494 e. The van der Waals surface area contributed by atoms with Gasteiger partial charge < -0.3 is 34.3 Å². The molecule has 0 bridgehead atoms. The monoisotopic (exact) mass is 519 g/mol. The summed E-state index contributed by atoms with van der Waals surface area (Å²) in [5.41, 5.74) is 9.04. The van der Waals surface area contributed by atoms with E-state index in [9.17, 15) is 14.7 Å². The summed E-state index contributed by atoms with van der Waals surface area (Å²) in [6.07, 6.45) is 0.134. The maximum Gasteiger partial charge on any atom is 0.404 e. The number of methoxy groups -OCH3 is 1. The number of carbonyl (C=O) groups is 2. The molecule has 5 rings (SSSR count). The fourth-order valence-electron chi connectivity index (χ4n) is 5.35. The second-order valence-corrected chi connectivity index (χ2v) is 9.98. The SMILES string of the molecule is COc1cc(C(=O)N2CCC[C@@H](OC(N)=O)C2)cc2nc(-c3cc4ccccc4n3CC(C)CO)n(C)c12. The van der Waals surface area contributed by atoms with Gasteiger partial charge in [-0.2, -0.15) is 0 Å². The van der Waals surface area contributed by atoms with E-state index in [1.54, 1.807) is 24.1 Å². The molecule has 3 heterocycles. The Bertz CT molecular complexity index is 1510. The molecule has 2 amide bonds. The number of aryl methyl sites for hydroxylation is 1. The molecule has 4 aromatic rings. The first-order valence-electron chi connectivity index (χ1n) is 12.8. The van der Waals surface area contributed by atoms with Crippen molar-refractivity contribution in [2.75, 3.05) is 26.8 Å². The Morgan fingerprint density at radius 2 is 2.03 bits per heavy atom. The zero-order valence-electron chi connectivity index (χ0n) is 21.9. The lowest BCUT2D eigenvalue weighted by Crippen LogP contribution is -2.44. The molecular formula is C28H33N5O5. The number of rotatable bonds is 7. The fourth-order valence-corrected chi connectivity index (χ4v) is 5.35. The van der Waals surface area contributed by atoms with E-state index in [-0.39, 0.29) is 18.4 Å². The number of fused-ring (bicyclic) bond motifs is 2. The number of imidazole rings is 1. The number of piperidine rings is 1. The highest BCUT2D eigenvalue weighted by Crippen LogP contribution is 2.35. The van der Waals surface area contributed by atoms with Crippen LogP contribution in [-0.4, -0.2) is 69.0 Å². The number of amides is 2. The second kappa shape index (κ2) is 10.4. The first-order chi connectivity index (χ1) is 18.3. The van der Waals surface area contributed by atoms with Crippen molar-refractivity contribution in [3.05, 3.63) is 48.0 Å². The highest BCUT2D eigenvalue weighted by Gasteiger charge is 2.28. The van der Waals surface area contributed by atoms with Gasteiger partial charge in [0.2, 0.25) is 0 Å². The van der Waals surface area contributed by atoms with Crippen LogP contribution in [0.25, 0.3) is 33.5 Å². The molecule has 0 radical (unpaired) electrons. The predicted octanol–water partition coefficient (Wildman–Crippen LogP) is 3.53. The van der Waals surface area contributed by atoms with Gasteiger partial charge in [0.05, 0.1) is 24.9 Å². The lowest BCUT2D eigenvalue weighted by atomic mass is 10.1.